The number of hydrogen-bond donors (Lipinski definition) is 1. The normalized spacial score (nSPS) is 34.3. The summed E-state index contributed by atoms with van der Waals surface area (Å²) in [6.45, 7) is 12.5. The standard InChI is InChI=1S/C15H30N2O/c1-4-7-16-14-6-9-18-11-15(14)17-8-5-13(10-17)12(2)3/h12-16H,4-11H2,1-3H3. The second kappa shape index (κ2) is 6.88. The summed E-state index contributed by atoms with van der Waals surface area (Å²) < 4.78 is 5.72. The summed E-state index contributed by atoms with van der Waals surface area (Å²) in [4.78, 5) is 2.68. The number of nitrogens with zero attached hydrogens (tertiary/aromatic N) is 1. The molecule has 3 unspecified atom stereocenters. The van der Waals surface area contributed by atoms with Gasteiger partial charge in [0.05, 0.1) is 6.61 Å². The van der Waals surface area contributed by atoms with Crippen LogP contribution < -0.4 is 5.32 Å². The third-order valence-electron chi connectivity index (χ3n) is 4.65. The van der Waals surface area contributed by atoms with E-state index in [4.69, 9.17) is 4.74 Å². The maximum Gasteiger partial charge on any atom is 0.0637 e. The molecule has 2 aliphatic rings. The highest BCUT2D eigenvalue weighted by atomic mass is 16.5. The average Bonchev–Trinajstić information content (AvgIpc) is 2.86. The smallest absolute Gasteiger partial charge is 0.0637 e. The van der Waals surface area contributed by atoms with Crippen molar-refractivity contribution < 1.29 is 4.74 Å². The van der Waals surface area contributed by atoms with Crippen molar-refractivity contribution in [3.05, 3.63) is 0 Å². The van der Waals surface area contributed by atoms with Gasteiger partial charge in [0.15, 0.2) is 0 Å². The van der Waals surface area contributed by atoms with E-state index in [9.17, 15) is 0 Å². The highest BCUT2D eigenvalue weighted by Crippen LogP contribution is 2.27. The fourth-order valence-corrected chi connectivity index (χ4v) is 3.31. The van der Waals surface area contributed by atoms with Crippen molar-refractivity contribution in [2.24, 2.45) is 11.8 Å². The van der Waals surface area contributed by atoms with Crippen LogP contribution in [0.4, 0.5) is 0 Å². The van der Waals surface area contributed by atoms with Gasteiger partial charge in [0, 0.05) is 25.2 Å². The zero-order valence-corrected chi connectivity index (χ0v) is 12.3. The Hall–Kier alpha value is -0.120. The van der Waals surface area contributed by atoms with Crippen molar-refractivity contribution in [1.82, 2.24) is 10.2 Å². The molecule has 3 atom stereocenters. The van der Waals surface area contributed by atoms with Crippen molar-refractivity contribution >= 4 is 0 Å². The van der Waals surface area contributed by atoms with Crippen molar-refractivity contribution in [1.29, 1.82) is 0 Å². The minimum atomic E-state index is 0.606. The fourth-order valence-electron chi connectivity index (χ4n) is 3.31. The number of likely N-dealkylation sites (tertiary alicyclic amines) is 1. The molecule has 2 saturated heterocycles. The molecule has 0 amide bonds. The topological polar surface area (TPSA) is 24.5 Å². The van der Waals surface area contributed by atoms with Crippen LogP contribution in [0.15, 0.2) is 0 Å². The van der Waals surface area contributed by atoms with Gasteiger partial charge in [-0.3, -0.25) is 4.90 Å². The lowest BCUT2D eigenvalue weighted by Gasteiger charge is -2.38. The molecule has 2 rings (SSSR count). The largest absolute Gasteiger partial charge is 0.380 e. The Morgan fingerprint density at radius 2 is 2.17 bits per heavy atom. The van der Waals surface area contributed by atoms with Gasteiger partial charge in [0.1, 0.15) is 0 Å². The maximum atomic E-state index is 5.72. The highest BCUT2D eigenvalue weighted by molar-refractivity contribution is 4.91. The number of nitrogens with one attached hydrogen (secondary N) is 1. The third-order valence-corrected chi connectivity index (χ3v) is 4.65. The molecule has 106 valence electrons. The molecule has 0 bridgehead atoms. The Kier molecular flexibility index (Phi) is 5.46. The molecule has 3 heteroatoms. The summed E-state index contributed by atoms with van der Waals surface area (Å²) in [6.07, 6.45) is 3.76. The lowest BCUT2D eigenvalue weighted by atomic mass is 9.95. The summed E-state index contributed by atoms with van der Waals surface area (Å²) in [6, 6.07) is 1.25. The van der Waals surface area contributed by atoms with Crippen molar-refractivity contribution in [2.75, 3.05) is 32.8 Å². The number of ether oxygens (including phenoxy) is 1. The zero-order chi connectivity index (χ0) is 13.0. The van der Waals surface area contributed by atoms with Gasteiger partial charge in [0.25, 0.3) is 0 Å². The molecule has 0 radical (unpaired) electrons. The van der Waals surface area contributed by atoms with Crippen LogP contribution in [0.3, 0.4) is 0 Å². The Labute approximate surface area is 112 Å². The molecule has 2 heterocycles. The van der Waals surface area contributed by atoms with Crippen LogP contribution in [-0.4, -0.2) is 49.8 Å². The first-order valence-corrected chi connectivity index (χ1v) is 7.77. The fraction of sp³-hybridized carbons (Fsp3) is 1.00. The van der Waals surface area contributed by atoms with Gasteiger partial charge in [-0.25, -0.2) is 0 Å². The van der Waals surface area contributed by atoms with E-state index in [2.05, 4.69) is 31.0 Å². The van der Waals surface area contributed by atoms with E-state index >= 15 is 0 Å². The SMILES string of the molecule is CCCNC1CCOCC1N1CCC(C(C)C)C1. The summed E-state index contributed by atoms with van der Waals surface area (Å²) in [5, 5.41) is 3.72. The Balaban J connectivity index is 1.88. The molecule has 2 aliphatic heterocycles. The van der Waals surface area contributed by atoms with Crippen LogP contribution in [0, 0.1) is 11.8 Å². The number of hydrogen-bond acceptors (Lipinski definition) is 3. The molecule has 0 aromatic carbocycles. The molecule has 18 heavy (non-hydrogen) atoms. The van der Waals surface area contributed by atoms with E-state index in [1.54, 1.807) is 0 Å². The number of rotatable bonds is 5. The van der Waals surface area contributed by atoms with Crippen LogP contribution in [0.25, 0.3) is 0 Å². The Morgan fingerprint density at radius 1 is 1.33 bits per heavy atom. The van der Waals surface area contributed by atoms with Crippen molar-refractivity contribution in [2.45, 2.75) is 52.1 Å². The molecule has 0 aromatic heterocycles. The highest BCUT2D eigenvalue weighted by Gasteiger charge is 2.35. The first-order chi connectivity index (χ1) is 8.72. The summed E-state index contributed by atoms with van der Waals surface area (Å²) in [7, 11) is 0. The third kappa shape index (κ3) is 3.46. The van der Waals surface area contributed by atoms with Crippen molar-refractivity contribution in [3.8, 4) is 0 Å². The first kappa shape index (κ1) is 14.3. The molecule has 3 nitrogen and oxygen atoms in total. The van der Waals surface area contributed by atoms with Gasteiger partial charge in [-0.05, 0) is 44.2 Å². The van der Waals surface area contributed by atoms with E-state index in [0.717, 1.165) is 31.6 Å². The van der Waals surface area contributed by atoms with E-state index in [0.29, 0.717) is 12.1 Å². The van der Waals surface area contributed by atoms with Crippen LogP contribution >= 0.6 is 0 Å². The maximum absolute atomic E-state index is 5.72. The van der Waals surface area contributed by atoms with Crippen LogP contribution in [-0.2, 0) is 4.74 Å². The summed E-state index contributed by atoms with van der Waals surface area (Å²) >= 11 is 0. The van der Waals surface area contributed by atoms with Crippen LogP contribution in [0.2, 0.25) is 0 Å². The molecule has 1 N–H and O–H groups in total. The molecular formula is C15H30N2O. The van der Waals surface area contributed by atoms with Gasteiger partial charge >= 0.3 is 0 Å². The quantitative estimate of drug-likeness (QED) is 0.813. The average molecular weight is 254 g/mol. The second-order valence-electron chi connectivity index (χ2n) is 6.28. The first-order valence-electron chi connectivity index (χ1n) is 7.77. The summed E-state index contributed by atoms with van der Waals surface area (Å²) in [5.74, 6) is 1.71. The van der Waals surface area contributed by atoms with Gasteiger partial charge in [-0.2, -0.15) is 0 Å². The molecule has 0 aliphatic carbocycles. The monoisotopic (exact) mass is 254 g/mol. The second-order valence-corrected chi connectivity index (χ2v) is 6.28. The van der Waals surface area contributed by atoms with Crippen molar-refractivity contribution in [3.63, 3.8) is 0 Å². The zero-order valence-electron chi connectivity index (χ0n) is 12.3. The lowest BCUT2D eigenvalue weighted by Crippen LogP contribution is -2.55. The Bertz CT molecular complexity index is 245. The van der Waals surface area contributed by atoms with E-state index < -0.39 is 0 Å². The van der Waals surface area contributed by atoms with Gasteiger partial charge in [0.2, 0.25) is 0 Å². The molecular weight excluding hydrogens is 224 g/mol. The minimum Gasteiger partial charge on any atom is -0.380 e. The van der Waals surface area contributed by atoms with Gasteiger partial charge < -0.3 is 10.1 Å². The lowest BCUT2D eigenvalue weighted by molar-refractivity contribution is 0.00341. The van der Waals surface area contributed by atoms with Crippen LogP contribution in [0.5, 0.6) is 0 Å². The Morgan fingerprint density at radius 3 is 2.83 bits per heavy atom. The molecule has 2 fully saturated rings. The van der Waals surface area contributed by atoms with Gasteiger partial charge in [-0.15, -0.1) is 0 Å². The van der Waals surface area contributed by atoms with E-state index in [1.807, 2.05) is 0 Å². The summed E-state index contributed by atoms with van der Waals surface area (Å²) in [5.41, 5.74) is 0. The predicted molar refractivity (Wildman–Crippen MR) is 75.8 cm³/mol. The molecule has 0 spiro atoms. The van der Waals surface area contributed by atoms with Crippen LogP contribution in [0.1, 0.15) is 40.0 Å². The minimum absolute atomic E-state index is 0.606. The van der Waals surface area contributed by atoms with E-state index in [1.165, 1.54) is 32.4 Å². The van der Waals surface area contributed by atoms with E-state index in [-0.39, 0.29) is 0 Å². The molecule has 0 saturated carbocycles. The van der Waals surface area contributed by atoms with Gasteiger partial charge in [-0.1, -0.05) is 20.8 Å². The molecule has 0 aromatic rings. The predicted octanol–water partition coefficient (Wildman–Crippen LogP) is 2.12.